The first-order valence-corrected chi connectivity index (χ1v) is 4.91. The fourth-order valence-electron chi connectivity index (χ4n) is 1.09. The van der Waals surface area contributed by atoms with Gasteiger partial charge in [0.1, 0.15) is 5.75 Å². The van der Waals surface area contributed by atoms with E-state index >= 15 is 0 Å². The smallest absolute Gasteiger partial charge is 0.185 e. The summed E-state index contributed by atoms with van der Waals surface area (Å²) in [6, 6.07) is 5.24. The first-order chi connectivity index (χ1) is 6.58. The number of phenols is 1. The van der Waals surface area contributed by atoms with Gasteiger partial charge >= 0.3 is 0 Å². The van der Waals surface area contributed by atoms with Crippen LogP contribution in [0.3, 0.4) is 0 Å². The summed E-state index contributed by atoms with van der Waals surface area (Å²) in [5.41, 5.74) is 11.4. The minimum absolute atomic E-state index is 0.0872. The number of guanidine groups is 1. The molecule has 0 aromatic heterocycles. The Hall–Kier alpha value is -1.23. The van der Waals surface area contributed by atoms with Gasteiger partial charge in [-0.15, -0.1) is 0 Å². The lowest BCUT2D eigenvalue weighted by Gasteiger charge is -2.01. The maximum Gasteiger partial charge on any atom is 0.185 e. The van der Waals surface area contributed by atoms with Crippen LogP contribution in [-0.4, -0.2) is 17.6 Å². The molecule has 0 aliphatic heterocycles. The molecule has 1 aromatic carbocycles. The van der Waals surface area contributed by atoms with E-state index in [4.69, 9.17) is 11.5 Å². The summed E-state index contributed by atoms with van der Waals surface area (Å²) in [5.74, 6) is 0.322. The van der Waals surface area contributed by atoms with Crippen molar-refractivity contribution in [2.45, 2.75) is 6.42 Å². The Labute approximate surface area is 90.8 Å². The maximum absolute atomic E-state index is 9.29. The van der Waals surface area contributed by atoms with Crippen LogP contribution in [0, 0.1) is 0 Å². The van der Waals surface area contributed by atoms with Crippen molar-refractivity contribution in [2.24, 2.45) is 16.5 Å². The molecule has 4 nitrogen and oxygen atoms in total. The van der Waals surface area contributed by atoms with Crippen LogP contribution in [0.1, 0.15) is 5.56 Å². The summed E-state index contributed by atoms with van der Waals surface area (Å²) >= 11 is 3.29. The fraction of sp³-hybridized carbons (Fsp3) is 0.222. The maximum atomic E-state index is 9.29. The van der Waals surface area contributed by atoms with Crippen molar-refractivity contribution in [1.29, 1.82) is 0 Å². The normalized spacial score (nSPS) is 9.79. The minimum atomic E-state index is 0.0872. The van der Waals surface area contributed by atoms with Crippen LogP contribution in [0.15, 0.2) is 27.7 Å². The summed E-state index contributed by atoms with van der Waals surface area (Å²) in [6.07, 6.45) is 0.699. The van der Waals surface area contributed by atoms with E-state index < -0.39 is 0 Å². The molecule has 0 saturated heterocycles. The summed E-state index contributed by atoms with van der Waals surface area (Å²) in [7, 11) is 0. The summed E-state index contributed by atoms with van der Waals surface area (Å²) < 4.78 is 0.845. The van der Waals surface area contributed by atoms with Gasteiger partial charge in [-0.2, -0.15) is 0 Å². The number of aromatic hydroxyl groups is 1. The molecule has 0 saturated carbocycles. The van der Waals surface area contributed by atoms with Crippen molar-refractivity contribution in [1.82, 2.24) is 0 Å². The molecule has 0 spiro atoms. The van der Waals surface area contributed by atoms with Gasteiger partial charge in [0, 0.05) is 11.0 Å². The highest BCUT2D eigenvalue weighted by atomic mass is 79.9. The zero-order chi connectivity index (χ0) is 10.6. The van der Waals surface area contributed by atoms with Crippen LogP contribution in [0.5, 0.6) is 5.75 Å². The molecule has 0 atom stereocenters. The third kappa shape index (κ3) is 3.66. The highest BCUT2D eigenvalue weighted by molar-refractivity contribution is 9.10. The number of hydrogen-bond donors (Lipinski definition) is 3. The minimum Gasteiger partial charge on any atom is -0.508 e. The van der Waals surface area contributed by atoms with E-state index in [0.717, 1.165) is 10.0 Å². The van der Waals surface area contributed by atoms with Gasteiger partial charge in [0.2, 0.25) is 0 Å². The van der Waals surface area contributed by atoms with Crippen molar-refractivity contribution in [3.05, 3.63) is 28.2 Å². The van der Waals surface area contributed by atoms with E-state index in [1.165, 1.54) is 0 Å². The van der Waals surface area contributed by atoms with E-state index in [9.17, 15) is 5.11 Å². The zero-order valence-electron chi connectivity index (χ0n) is 7.57. The fourth-order valence-corrected chi connectivity index (χ4v) is 1.62. The van der Waals surface area contributed by atoms with Crippen LogP contribution in [0.4, 0.5) is 0 Å². The second-order valence-electron chi connectivity index (χ2n) is 2.87. The quantitative estimate of drug-likeness (QED) is 0.558. The molecule has 0 radical (unpaired) electrons. The molecule has 14 heavy (non-hydrogen) atoms. The molecular weight excluding hydrogens is 246 g/mol. The number of hydrogen-bond acceptors (Lipinski definition) is 2. The molecule has 0 amide bonds. The van der Waals surface area contributed by atoms with Crippen LogP contribution in [0.25, 0.3) is 0 Å². The van der Waals surface area contributed by atoms with Gasteiger partial charge in [-0.25, -0.2) is 0 Å². The molecule has 1 rings (SSSR count). The van der Waals surface area contributed by atoms with Crippen molar-refractivity contribution < 1.29 is 5.11 Å². The van der Waals surface area contributed by atoms with Crippen LogP contribution in [0.2, 0.25) is 0 Å². The third-order valence-electron chi connectivity index (χ3n) is 1.64. The number of nitrogens with two attached hydrogens (primary N) is 2. The number of halogens is 1. The molecule has 0 fully saturated rings. The van der Waals surface area contributed by atoms with Crippen molar-refractivity contribution in [3.63, 3.8) is 0 Å². The predicted molar refractivity (Wildman–Crippen MR) is 60.2 cm³/mol. The third-order valence-corrected chi connectivity index (χ3v) is 2.10. The second kappa shape index (κ2) is 4.85. The summed E-state index contributed by atoms with van der Waals surface area (Å²) in [5, 5.41) is 9.29. The molecule has 0 aliphatic rings. The molecule has 0 bridgehead atoms. The molecular formula is C9H12BrN3O. The number of phenolic OH excluding ortho intramolecular Hbond substituents is 1. The van der Waals surface area contributed by atoms with Gasteiger partial charge in [-0.1, -0.05) is 15.9 Å². The van der Waals surface area contributed by atoms with E-state index in [0.29, 0.717) is 13.0 Å². The highest BCUT2D eigenvalue weighted by Gasteiger charge is 1.97. The highest BCUT2D eigenvalue weighted by Crippen LogP contribution is 2.20. The molecule has 5 N–H and O–H groups in total. The van der Waals surface area contributed by atoms with Gasteiger partial charge in [0.15, 0.2) is 5.96 Å². The van der Waals surface area contributed by atoms with Crippen molar-refractivity contribution in [2.75, 3.05) is 6.54 Å². The molecule has 1 aromatic rings. The van der Waals surface area contributed by atoms with E-state index in [2.05, 4.69) is 20.9 Å². The Bertz CT molecular complexity index is 328. The van der Waals surface area contributed by atoms with Crippen LogP contribution in [-0.2, 0) is 6.42 Å². The number of rotatable bonds is 3. The molecule has 0 heterocycles. The lowest BCUT2D eigenvalue weighted by Crippen LogP contribution is -2.23. The van der Waals surface area contributed by atoms with Crippen LogP contribution >= 0.6 is 15.9 Å². The molecule has 5 heteroatoms. The molecule has 76 valence electrons. The number of aliphatic imine (C=N–C) groups is 1. The average Bonchev–Trinajstić information content (AvgIpc) is 2.01. The SMILES string of the molecule is NC(N)=NCCc1cc(O)cc(Br)c1. The first kappa shape index (κ1) is 10.8. The van der Waals surface area contributed by atoms with Crippen LogP contribution < -0.4 is 11.5 Å². The summed E-state index contributed by atoms with van der Waals surface area (Å²) in [4.78, 5) is 3.85. The van der Waals surface area contributed by atoms with E-state index in [1.807, 2.05) is 6.07 Å². The largest absolute Gasteiger partial charge is 0.508 e. The average molecular weight is 258 g/mol. The van der Waals surface area contributed by atoms with Crippen molar-refractivity contribution >= 4 is 21.9 Å². The monoisotopic (exact) mass is 257 g/mol. The molecule has 0 aliphatic carbocycles. The van der Waals surface area contributed by atoms with E-state index in [-0.39, 0.29) is 11.7 Å². The Kier molecular flexibility index (Phi) is 3.76. The number of benzene rings is 1. The second-order valence-corrected chi connectivity index (χ2v) is 3.79. The Morgan fingerprint density at radius 2 is 2.07 bits per heavy atom. The number of nitrogens with zero attached hydrogens (tertiary/aromatic N) is 1. The van der Waals surface area contributed by atoms with E-state index in [1.54, 1.807) is 12.1 Å². The van der Waals surface area contributed by atoms with Gasteiger partial charge < -0.3 is 16.6 Å². The standard InChI is InChI=1S/C9H12BrN3O/c10-7-3-6(4-8(14)5-7)1-2-13-9(11)12/h3-5,14H,1-2H2,(H4,11,12,13). The molecule has 0 unspecified atom stereocenters. The Morgan fingerprint density at radius 1 is 1.36 bits per heavy atom. The van der Waals surface area contributed by atoms with Gasteiger partial charge in [0.25, 0.3) is 0 Å². The predicted octanol–water partition coefficient (Wildman–Crippen LogP) is 0.971. The lowest BCUT2D eigenvalue weighted by atomic mass is 10.1. The van der Waals surface area contributed by atoms with Crippen molar-refractivity contribution in [3.8, 4) is 5.75 Å². The van der Waals surface area contributed by atoms with Gasteiger partial charge in [-0.3, -0.25) is 4.99 Å². The lowest BCUT2D eigenvalue weighted by molar-refractivity contribution is 0.474. The Morgan fingerprint density at radius 3 is 2.64 bits per heavy atom. The van der Waals surface area contributed by atoms with Gasteiger partial charge in [-0.05, 0) is 30.2 Å². The first-order valence-electron chi connectivity index (χ1n) is 4.12. The topological polar surface area (TPSA) is 84.6 Å². The summed E-state index contributed by atoms with van der Waals surface area (Å²) in [6.45, 7) is 0.526. The Balaban J connectivity index is 2.63. The zero-order valence-corrected chi connectivity index (χ0v) is 9.16. The van der Waals surface area contributed by atoms with Gasteiger partial charge in [0.05, 0.1) is 0 Å².